The molecule has 0 aromatic heterocycles. The fourth-order valence-corrected chi connectivity index (χ4v) is 4.32. The lowest BCUT2D eigenvalue weighted by Crippen LogP contribution is -2.28. The molecular weight excluding hydrogens is 412 g/mol. The summed E-state index contributed by atoms with van der Waals surface area (Å²) in [6, 6.07) is 20.4. The molecule has 0 aliphatic rings. The predicted octanol–water partition coefficient (Wildman–Crippen LogP) is 4.69. The average molecular weight is 439 g/mol. The Morgan fingerprint density at radius 3 is 2.35 bits per heavy atom. The minimum atomic E-state index is -3.82. The van der Waals surface area contributed by atoms with Crippen molar-refractivity contribution in [2.75, 3.05) is 11.8 Å². The van der Waals surface area contributed by atoms with Gasteiger partial charge in [-0.25, -0.2) is 8.42 Å². The quantitative estimate of drug-likeness (QED) is 0.535. The molecule has 3 aromatic carbocycles. The van der Waals surface area contributed by atoms with E-state index < -0.39 is 10.0 Å². The lowest BCUT2D eigenvalue weighted by atomic mass is 10.0. The molecule has 0 fully saturated rings. The lowest BCUT2D eigenvalue weighted by molar-refractivity contribution is 0.0935. The maximum atomic E-state index is 12.8. The number of hydrogen-bond acceptors (Lipinski definition) is 4. The normalized spacial score (nSPS) is 12.1. The average Bonchev–Trinajstić information content (AvgIpc) is 2.77. The zero-order valence-corrected chi connectivity index (χ0v) is 18.6. The third-order valence-electron chi connectivity index (χ3n) is 4.91. The molecule has 0 saturated carbocycles. The van der Waals surface area contributed by atoms with Crippen LogP contribution in [0.2, 0.25) is 0 Å². The predicted molar refractivity (Wildman–Crippen MR) is 122 cm³/mol. The van der Waals surface area contributed by atoms with Gasteiger partial charge in [-0.3, -0.25) is 9.52 Å². The molecule has 1 unspecified atom stereocenters. The summed E-state index contributed by atoms with van der Waals surface area (Å²) in [5.74, 6) is 0.402. The van der Waals surface area contributed by atoms with Crippen LogP contribution < -0.4 is 14.8 Å². The smallest absolute Gasteiger partial charge is 0.261 e. The maximum absolute atomic E-state index is 12.8. The van der Waals surface area contributed by atoms with E-state index in [1.54, 1.807) is 37.4 Å². The van der Waals surface area contributed by atoms with Crippen LogP contribution >= 0.6 is 0 Å². The SMILES string of the molecule is CCC(NC(=O)c1cccc(S(=O)(=O)Nc2cccc(C)c2)c1)c1ccc(OC)cc1. The Labute approximate surface area is 183 Å². The Bertz CT molecular complexity index is 1160. The van der Waals surface area contributed by atoms with Crippen LogP contribution in [-0.2, 0) is 10.0 Å². The van der Waals surface area contributed by atoms with Crippen molar-refractivity contribution in [1.82, 2.24) is 5.32 Å². The number of nitrogens with one attached hydrogen (secondary N) is 2. The monoisotopic (exact) mass is 438 g/mol. The number of benzene rings is 3. The van der Waals surface area contributed by atoms with Gasteiger partial charge >= 0.3 is 0 Å². The van der Waals surface area contributed by atoms with E-state index in [2.05, 4.69) is 10.0 Å². The van der Waals surface area contributed by atoms with E-state index in [-0.39, 0.29) is 22.4 Å². The van der Waals surface area contributed by atoms with Crippen molar-refractivity contribution in [2.45, 2.75) is 31.2 Å². The lowest BCUT2D eigenvalue weighted by Gasteiger charge is -2.18. The van der Waals surface area contributed by atoms with E-state index in [9.17, 15) is 13.2 Å². The van der Waals surface area contributed by atoms with E-state index in [4.69, 9.17) is 4.74 Å². The third kappa shape index (κ3) is 5.64. The summed E-state index contributed by atoms with van der Waals surface area (Å²) in [5, 5.41) is 2.98. The second-order valence-electron chi connectivity index (χ2n) is 7.21. The number of hydrogen-bond donors (Lipinski definition) is 2. The van der Waals surface area contributed by atoms with Gasteiger partial charge in [0.05, 0.1) is 18.0 Å². The number of methoxy groups -OCH3 is 1. The van der Waals surface area contributed by atoms with E-state index in [0.717, 1.165) is 16.9 Å². The number of rotatable bonds is 8. The highest BCUT2D eigenvalue weighted by Crippen LogP contribution is 2.22. The molecule has 0 heterocycles. The molecule has 3 rings (SSSR count). The number of carbonyl (C=O) groups excluding carboxylic acids is 1. The highest BCUT2D eigenvalue weighted by Gasteiger charge is 2.19. The minimum Gasteiger partial charge on any atom is -0.497 e. The van der Waals surface area contributed by atoms with Crippen LogP contribution in [0.3, 0.4) is 0 Å². The molecule has 1 atom stereocenters. The van der Waals surface area contributed by atoms with Crippen LogP contribution in [0.25, 0.3) is 0 Å². The van der Waals surface area contributed by atoms with Crippen molar-refractivity contribution >= 4 is 21.6 Å². The minimum absolute atomic E-state index is 0.0270. The first-order chi connectivity index (χ1) is 14.8. The van der Waals surface area contributed by atoms with Gasteiger partial charge in [-0.2, -0.15) is 0 Å². The van der Waals surface area contributed by atoms with Gasteiger partial charge in [0, 0.05) is 11.3 Å². The summed E-state index contributed by atoms with van der Waals surface area (Å²) in [5.41, 5.74) is 2.64. The van der Waals surface area contributed by atoms with Crippen LogP contribution in [-0.4, -0.2) is 21.4 Å². The fourth-order valence-electron chi connectivity index (χ4n) is 3.23. The standard InChI is InChI=1S/C24H26N2O4S/c1-4-23(18-11-13-21(30-3)14-12-18)25-24(27)19-8-6-10-22(16-19)31(28,29)26-20-9-5-7-17(2)15-20/h5-16,23,26H,4H2,1-3H3,(H,25,27). The Hall–Kier alpha value is -3.32. The van der Waals surface area contributed by atoms with Gasteiger partial charge < -0.3 is 10.1 Å². The van der Waals surface area contributed by atoms with Crippen LogP contribution in [0.1, 0.15) is 40.9 Å². The molecule has 7 heteroatoms. The summed E-state index contributed by atoms with van der Waals surface area (Å²) in [6.07, 6.45) is 0.685. The highest BCUT2D eigenvalue weighted by atomic mass is 32.2. The summed E-state index contributed by atoms with van der Waals surface area (Å²) in [4.78, 5) is 12.9. The van der Waals surface area contributed by atoms with Crippen LogP contribution in [0, 0.1) is 6.92 Å². The Morgan fingerprint density at radius 1 is 1.00 bits per heavy atom. The van der Waals surface area contributed by atoms with Crippen LogP contribution in [0.4, 0.5) is 5.69 Å². The highest BCUT2D eigenvalue weighted by molar-refractivity contribution is 7.92. The first kappa shape index (κ1) is 22.4. The number of sulfonamides is 1. The molecule has 0 aliphatic carbocycles. The molecular formula is C24H26N2O4S. The van der Waals surface area contributed by atoms with E-state index in [0.29, 0.717) is 12.1 Å². The molecule has 0 bridgehead atoms. The second-order valence-corrected chi connectivity index (χ2v) is 8.89. The molecule has 0 spiro atoms. The summed E-state index contributed by atoms with van der Waals surface area (Å²) >= 11 is 0. The second kappa shape index (κ2) is 9.66. The third-order valence-corrected chi connectivity index (χ3v) is 6.29. The molecule has 2 N–H and O–H groups in total. The van der Waals surface area contributed by atoms with Crippen molar-refractivity contribution in [1.29, 1.82) is 0 Å². The van der Waals surface area contributed by atoms with Crippen LogP contribution in [0.15, 0.2) is 77.7 Å². The van der Waals surface area contributed by atoms with E-state index in [1.807, 2.05) is 44.2 Å². The first-order valence-corrected chi connectivity index (χ1v) is 11.4. The van der Waals surface area contributed by atoms with Gasteiger partial charge in [-0.1, -0.05) is 37.3 Å². The van der Waals surface area contributed by atoms with Gasteiger partial charge in [0.25, 0.3) is 15.9 Å². The fraction of sp³-hybridized carbons (Fsp3) is 0.208. The zero-order valence-electron chi connectivity index (χ0n) is 17.8. The van der Waals surface area contributed by atoms with Gasteiger partial charge in [0.2, 0.25) is 0 Å². The largest absolute Gasteiger partial charge is 0.497 e. The Balaban J connectivity index is 1.78. The van der Waals surface area contributed by atoms with Crippen molar-refractivity contribution in [3.8, 4) is 5.75 Å². The van der Waals surface area contributed by atoms with Crippen molar-refractivity contribution < 1.29 is 17.9 Å². The van der Waals surface area contributed by atoms with Crippen molar-refractivity contribution in [3.63, 3.8) is 0 Å². The summed E-state index contributed by atoms with van der Waals surface area (Å²) < 4.78 is 33.3. The summed E-state index contributed by atoms with van der Waals surface area (Å²) in [7, 11) is -2.22. The summed E-state index contributed by atoms with van der Waals surface area (Å²) in [6.45, 7) is 3.86. The van der Waals surface area contributed by atoms with E-state index in [1.165, 1.54) is 12.1 Å². The molecule has 0 aliphatic heterocycles. The molecule has 1 amide bonds. The molecule has 31 heavy (non-hydrogen) atoms. The van der Waals surface area contributed by atoms with Crippen molar-refractivity contribution in [3.05, 3.63) is 89.5 Å². The maximum Gasteiger partial charge on any atom is 0.261 e. The number of carbonyl (C=O) groups is 1. The van der Waals surface area contributed by atoms with Gasteiger partial charge in [-0.15, -0.1) is 0 Å². The molecule has 0 radical (unpaired) electrons. The molecule has 6 nitrogen and oxygen atoms in total. The van der Waals surface area contributed by atoms with Gasteiger partial charge in [0.1, 0.15) is 5.75 Å². The number of ether oxygens (including phenoxy) is 1. The molecule has 3 aromatic rings. The van der Waals surface area contributed by atoms with Crippen molar-refractivity contribution in [2.24, 2.45) is 0 Å². The molecule has 0 saturated heterocycles. The van der Waals surface area contributed by atoms with Gasteiger partial charge in [-0.05, 0) is 66.9 Å². The number of aryl methyl sites for hydroxylation is 1. The number of amides is 1. The van der Waals surface area contributed by atoms with Gasteiger partial charge in [0.15, 0.2) is 0 Å². The number of anilines is 1. The Morgan fingerprint density at radius 2 is 1.71 bits per heavy atom. The Kier molecular flexibility index (Phi) is 6.97. The van der Waals surface area contributed by atoms with E-state index >= 15 is 0 Å². The molecule has 162 valence electrons. The first-order valence-electron chi connectivity index (χ1n) is 9.96. The zero-order chi connectivity index (χ0) is 22.4. The van der Waals surface area contributed by atoms with Crippen LogP contribution in [0.5, 0.6) is 5.75 Å². The topological polar surface area (TPSA) is 84.5 Å².